The molecule has 21 heavy (non-hydrogen) atoms. The zero-order valence-corrected chi connectivity index (χ0v) is 14.2. The maximum Gasteiger partial charge on any atom is 0.175 e. The van der Waals surface area contributed by atoms with Gasteiger partial charge in [0.25, 0.3) is 0 Å². The molecule has 0 aliphatic carbocycles. The van der Waals surface area contributed by atoms with Crippen molar-refractivity contribution in [1.29, 1.82) is 0 Å². The second-order valence-corrected chi connectivity index (χ2v) is 5.90. The number of ether oxygens (including phenoxy) is 2. The second kappa shape index (κ2) is 7.04. The lowest BCUT2D eigenvalue weighted by Crippen LogP contribution is -2.00. The van der Waals surface area contributed by atoms with Crippen molar-refractivity contribution in [2.45, 2.75) is 6.61 Å². The van der Waals surface area contributed by atoms with Crippen molar-refractivity contribution < 1.29 is 18.7 Å². The van der Waals surface area contributed by atoms with Crippen molar-refractivity contribution in [2.24, 2.45) is 0 Å². The summed E-state index contributed by atoms with van der Waals surface area (Å²) in [4.78, 5) is 10.8. The molecule has 2 aromatic carbocycles. The molecule has 2 rings (SSSR count). The van der Waals surface area contributed by atoms with Gasteiger partial charge in [-0.05, 0) is 61.7 Å². The molecule has 0 fully saturated rings. The molecule has 0 saturated carbocycles. The minimum atomic E-state index is -0.326. The Hall–Kier alpha value is -1.40. The van der Waals surface area contributed by atoms with Crippen LogP contribution in [0.2, 0.25) is 0 Å². The molecule has 110 valence electrons. The molecule has 6 heteroatoms. The Balaban J connectivity index is 2.23. The van der Waals surface area contributed by atoms with Gasteiger partial charge in [-0.25, -0.2) is 4.39 Å². The van der Waals surface area contributed by atoms with E-state index in [0.29, 0.717) is 26.0 Å². The first-order valence-corrected chi connectivity index (χ1v) is 7.53. The predicted octanol–water partition coefficient (Wildman–Crippen LogP) is 4.75. The minimum Gasteiger partial charge on any atom is -0.493 e. The fraction of sp³-hybridized carbons (Fsp3) is 0.133. The van der Waals surface area contributed by atoms with E-state index in [2.05, 4.69) is 31.9 Å². The summed E-state index contributed by atoms with van der Waals surface area (Å²) in [5.41, 5.74) is 1.28. The number of carbonyl (C=O) groups is 1. The summed E-state index contributed by atoms with van der Waals surface area (Å²) in [6, 6.07) is 7.89. The number of carbonyl (C=O) groups excluding carboxylic acids is 1. The largest absolute Gasteiger partial charge is 0.493 e. The zero-order chi connectivity index (χ0) is 15.4. The van der Waals surface area contributed by atoms with Crippen LogP contribution in [0.25, 0.3) is 0 Å². The van der Waals surface area contributed by atoms with Gasteiger partial charge in [-0.2, -0.15) is 0 Å². The van der Waals surface area contributed by atoms with Gasteiger partial charge >= 0.3 is 0 Å². The maximum absolute atomic E-state index is 13.2. The highest BCUT2D eigenvalue weighted by Crippen LogP contribution is 2.36. The highest BCUT2D eigenvalue weighted by atomic mass is 79.9. The third kappa shape index (κ3) is 3.83. The van der Waals surface area contributed by atoms with Crippen molar-refractivity contribution in [3.63, 3.8) is 0 Å². The topological polar surface area (TPSA) is 35.5 Å². The molecule has 0 aromatic heterocycles. The lowest BCUT2D eigenvalue weighted by Gasteiger charge is -2.13. The van der Waals surface area contributed by atoms with Crippen LogP contribution >= 0.6 is 31.9 Å². The summed E-state index contributed by atoms with van der Waals surface area (Å²) in [7, 11) is 1.50. The number of halogens is 3. The first kappa shape index (κ1) is 16.0. The van der Waals surface area contributed by atoms with Gasteiger partial charge in [0, 0.05) is 5.56 Å². The highest BCUT2D eigenvalue weighted by Gasteiger charge is 2.12. The molecular formula is C15H11Br2FO3. The van der Waals surface area contributed by atoms with Gasteiger partial charge < -0.3 is 9.47 Å². The van der Waals surface area contributed by atoms with Gasteiger partial charge in [0.05, 0.1) is 16.1 Å². The van der Waals surface area contributed by atoms with Crippen molar-refractivity contribution in [2.75, 3.05) is 7.11 Å². The molecule has 0 spiro atoms. The van der Waals surface area contributed by atoms with Gasteiger partial charge in [0.15, 0.2) is 11.5 Å². The Morgan fingerprint density at radius 1 is 1.19 bits per heavy atom. The molecule has 0 aliphatic rings. The first-order valence-electron chi connectivity index (χ1n) is 5.94. The van der Waals surface area contributed by atoms with Crippen LogP contribution in [0.5, 0.6) is 11.5 Å². The molecule has 0 aliphatic heterocycles. The van der Waals surface area contributed by atoms with Gasteiger partial charge in [0.2, 0.25) is 0 Å². The van der Waals surface area contributed by atoms with Crippen LogP contribution in [0.3, 0.4) is 0 Å². The SMILES string of the molecule is COc1cc(C=O)cc(Br)c1OCc1ccc(F)c(Br)c1. The standard InChI is InChI=1S/C15H11Br2FO3/c1-20-14-6-10(7-19)5-12(17)15(14)21-8-9-2-3-13(18)11(16)4-9/h2-7H,8H2,1H3. The second-order valence-electron chi connectivity index (χ2n) is 4.19. The summed E-state index contributed by atoms with van der Waals surface area (Å²) in [6.45, 7) is 0.244. The molecule has 0 radical (unpaired) electrons. The quantitative estimate of drug-likeness (QED) is 0.658. The fourth-order valence-corrected chi connectivity index (χ4v) is 2.73. The van der Waals surface area contributed by atoms with E-state index in [9.17, 15) is 9.18 Å². The molecule has 3 nitrogen and oxygen atoms in total. The van der Waals surface area contributed by atoms with Crippen molar-refractivity contribution in [3.05, 3.63) is 56.2 Å². The fourth-order valence-electron chi connectivity index (χ4n) is 1.73. The molecular weight excluding hydrogens is 407 g/mol. The normalized spacial score (nSPS) is 10.3. The molecule has 2 aromatic rings. The lowest BCUT2D eigenvalue weighted by molar-refractivity contribution is 0.112. The number of benzene rings is 2. The molecule has 0 bridgehead atoms. The Labute approximate surface area is 138 Å². The van der Waals surface area contributed by atoms with Crippen molar-refractivity contribution in [3.8, 4) is 11.5 Å². The third-order valence-electron chi connectivity index (χ3n) is 2.76. The third-order valence-corrected chi connectivity index (χ3v) is 3.95. The maximum atomic E-state index is 13.2. The van der Waals surface area contributed by atoms with E-state index in [1.807, 2.05) is 0 Å². The average Bonchev–Trinajstić information content (AvgIpc) is 2.48. The molecule has 0 amide bonds. The van der Waals surface area contributed by atoms with E-state index in [4.69, 9.17) is 9.47 Å². The number of rotatable bonds is 5. The van der Waals surface area contributed by atoms with E-state index in [1.54, 1.807) is 24.3 Å². The summed E-state index contributed by atoms with van der Waals surface area (Å²) < 4.78 is 25.1. The summed E-state index contributed by atoms with van der Waals surface area (Å²) in [5, 5.41) is 0. The molecule has 0 unspecified atom stereocenters. The van der Waals surface area contributed by atoms with E-state index < -0.39 is 0 Å². The lowest BCUT2D eigenvalue weighted by atomic mass is 10.2. The monoisotopic (exact) mass is 416 g/mol. The number of aldehydes is 1. The molecule has 0 atom stereocenters. The summed E-state index contributed by atoms with van der Waals surface area (Å²) in [6.07, 6.45) is 0.730. The average molecular weight is 418 g/mol. The first-order chi connectivity index (χ1) is 10.0. The van der Waals surface area contributed by atoms with Gasteiger partial charge in [0.1, 0.15) is 18.7 Å². The van der Waals surface area contributed by atoms with Crippen LogP contribution in [0, 0.1) is 5.82 Å². The molecule has 0 saturated heterocycles. The van der Waals surface area contributed by atoms with Crippen LogP contribution in [0.1, 0.15) is 15.9 Å². The Morgan fingerprint density at radius 2 is 1.95 bits per heavy atom. The van der Waals surface area contributed by atoms with E-state index in [0.717, 1.165) is 11.8 Å². The van der Waals surface area contributed by atoms with E-state index in [-0.39, 0.29) is 12.4 Å². The summed E-state index contributed by atoms with van der Waals surface area (Å²) >= 11 is 6.48. The molecule has 0 N–H and O–H groups in total. The summed E-state index contributed by atoms with van der Waals surface area (Å²) in [5.74, 6) is 0.615. The highest BCUT2D eigenvalue weighted by molar-refractivity contribution is 9.10. The predicted molar refractivity (Wildman–Crippen MR) is 84.5 cm³/mol. The van der Waals surface area contributed by atoms with Gasteiger partial charge in [-0.3, -0.25) is 4.79 Å². The van der Waals surface area contributed by atoms with Crippen LogP contribution < -0.4 is 9.47 Å². The van der Waals surface area contributed by atoms with E-state index >= 15 is 0 Å². The smallest absolute Gasteiger partial charge is 0.175 e. The van der Waals surface area contributed by atoms with Crippen molar-refractivity contribution in [1.82, 2.24) is 0 Å². The Morgan fingerprint density at radius 3 is 2.57 bits per heavy atom. The number of hydrogen-bond donors (Lipinski definition) is 0. The van der Waals surface area contributed by atoms with Crippen LogP contribution in [-0.2, 0) is 6.61 Å². The van der Waals surface area contributed by atoms with Gasteiger partial charge in [-0.15, -0.1) is 0 Å². The van der Waals surface area contributed by atoms with Crippen molar-refractivity contribution >= 4 is 38.1 Å². The number of hydrogen-bond acceptors (Lipinski definition) is 3. The Kier molecular flexibility index (Phi) is 5.36. The Bertz CT molecular complexity index is 674. The zero-order valence-electron chi connectivity index (χ0n) is 11.0. The minimum absolute atomic E-state index is 0.244. The van der Waals surface area contributed by atoms with Gasteiger partial charge in [-0.1, -0.05) is 6.07 Å². The van der Waals surface area contributed by atoms with Crippen LogP contribution in [-0.4, -0.2) is 13.4 Å². The number of methoxy groups -OCH3 is 1. The molecule has 0 heterocycles. The van der Waals surface area contributed by atoms with E-state index in [1.165, 1.54) is 13.2 Å². The van der Waals surface area contributed by atoms with Crippen LogP contribution in [0.4, 0.5) is 4.39 Å². The van der Waals surface area contributed by atoms with Crippen LogP contribution in [0.15, 0.2) is 39.3 Å².